The van der Waals surface area contributed by atoms with Crippen LogP contribution in [-0.4, -0.2) is 45.5 Å². The summed E-state index contributed by atoms with van der Waals surface area (Å²) in [6.45, 7) is 8.05. The minimum absolute atomic E-state index is 0.00184. The van der Waals surface area contributed by atoms with Gasteiger partial charge >= 0.3 is 0 Å². The molecule has 174 valence electrons. The normalized spacial score (nSPS) is 26.2. The largest absolute Gasteiger partial charge is 0.352 e. The van der Waals surface area contributed by atoms with Crippen molar-refractivity contribution in [2.75, 3.05) is 0 Å². The molecule has 2 N–H and O–H groups in total. The van der Waals surface area contributed by atoms with E-state index in [9.17, 15) is 14.4 Å². The molecule has 0 bridgehead atoms. The van der Waals surface area contributed by atoms with Crippen LogP contribution in [0.5, 0.6) is 0 Å². The Morgan fingerprint density at radius 2 is 1.88 bits per heavy atom. The van der Waals surface area contributed by atoms with Crippen molar-refractivity contribution in [2.45, 2.75) is 94.5 Å². The molecule has 1 aliphatic carbocycles. The maximum absolute atomic E-state index is 13.6. The quantitative estimate of drug-likeness (QED) is 0.676. The molecule has 1 saturated heterocycles. The average Bonchev–Trinajstić information content (AvgIpc) is 3.21. The average molecular weight is 458 g/mol. The Hall–Kier alpha value is -2.02. The van der Waals surface area contributed by atoms with E-state index in [4.69, 9.17) is 0 Å². The van der Waals surface area contributed by atoms with E-state index in [1.165, 1.54) is 6.42 Å². The number of thioether (sulfide) groups is 1. The predicted octanol–water partition coefficient (Wildman–Crippen LogP) is 4.01. The topological polar surface area (TPSA) is 78.5 Å². The number of nitrogens with one attached hydrogen (secondary N) is 2. The molecule has 1 saturated carbocycles. The van der Waals surface area contributed by atoms with Gasteiger partial charge in [-0.2, -0.15) is 0 Å². The van der Waals surface area contributed by atoms with Crippen molar-refractivity contribution in [1.29, 1.82) is 0 Å². The molecule has 1 unspecified atom stereocenters. The number of fused-ring (bicyclic) bond motifs is 3. The third-order valence-corrected chi connectivity index (χ3v) is 8.82. The lowest BCUT2D eigenvalue weighted by atomic mass is 9.93. The van der Waals surface area contributed by atoms with Crippen LogP contribution in [0.3, 0.4) is 0 Å². The van der Waals surface area contributed by atoms with E-state index in [1.807, 2.05) is 52.0 Å². The second-order valence-electron chi connectivity index (χ2n) is 9.99. The molecule has 0 aromatic heterocycles. The zero-order valence-corrected chi connectivity index (χ0v) is 20.3. The van der Waals surface area contributed by atoms with Gasteiger partial charge in [0.05, 0.1) is 0 Å². The Morgan fingerprint density at radius 3 is 2.56 bits per heavy atom. The van der Waals surface area contributed by atoms with Gasteiger partial charge < -0.3 is 15.5 Å². The summed E-state index contributed by atoms with van der Waals surface area (Å²) in [5.41, 5.74) is 1.64. The number of rotatable bonds is 6. The molecule has 0 radical (unpaired) electrons. The molecule has 2 heterocycles. The number of benzene rings is 1. The van der Waals surface area contributed by atoms with E-state index in [2.05, 4.69) is 10.6 Å². The zero-order valence-electron chi connectivity index (χ0n) is 19.5. The number of hydrogen-bond donors (Lipinski definition) is 2. The Bertz CT molecular complexity index is 896. The molecular formula is C25H35N3O3S. The molecule has 1 aromatic rings. The molecule has 4 rings (SSSR count). The van der Waals surface area contributed by atoms with Crippen LogP contribution in [0.1, 0.15) is 87.5 Å². The SMILES string of the molecule is CC[C@@H](C)[C@H](NC(=O)[C@@H]1N2C(=O)c3ccccc3C2SC1(C)C)C(=O)NC1CCCCC1. The molecule has 3 aliphatic rings. The molecule has 32 heavy (non-hydrogen) atoms. The maximum atomic E-state index is 13.6. The third-order valence-electron chi connectivity index (χ3n) is 7.29. The van der Waals surface area contributed by atoms with E-state index in [1.54, 1.807) is 16.7 Å². The second kappa shape index (κ2) is 9.08. The van der Waals surface area contributed by atoms with E-state index in [0.29, 0.717) is 5.56 Å². The van der Waals surface area contributed by atoms with Crippen LogP contribution in [0, 0.1) is 5.92 Å². The van der Waals surface area contributed by atoms with Gasteiger partial charge in [-0.15, -0.1) is 11.8 Å². The monoisotopic (exact) mass is 457 g/mol. The first-order valence-electron chi connectivity index (χ1n) is 11.9. The van der Waals surface area contributed by atoms with Gasteiger partial charge in [-0.05, 0) is 44.2 Å². The van der Waals surface area contributed by atoms with Gasteiger partial charge in [-0.3, -0.25) is 14.4 Å². The maximum Gasteiger partial charge on any atom is 0.256 e. The van der Waals surface area contributed by atoms with Gasteiger partial charge in [0.25, 0.3) is 5.91 Å². The molecule has 2 fully saturated rings. The fourth-order valence-electron chi connectivity index (χ4n) is 5.28. The highest BCUT2D eigenvalue weighted by Gasteiger charge is 2.57. The fraction of sp³-hybridized carbons (Fsp3) is 0.640. The number of hydrogen-bond acceptors (Lipinski definition) is 4. The Kier molecular flexibility index (Phi) is 6.57. The van der Waals surface area contributed by atoms with Crippen LogP contribution < -0.4 is 10.6 Å². The van der Waals surface area contributed by atoms with Crippen molar-refractivity contribution in [2.24, 2.45) is 5.92 Å². The number of amides is 3. The fourth-order valence-corrected chi connectivity index (χ4v) is 6.87. The van der Waals surface area contributed by atoms with Gasteiger partial charge in [0, 0.05) is 16.4 Å². The molecule has 2 aliphatic heterocycles. The Balaban J connectivity index is 1.53. The highest BCUT2D eigenvalue weighted by atomic mass is 32.2. The summed E-state index contributed by atoms with van der Waals surface area (Å²) >= 11 is 1.64. The lowest BCUT2D eigenvalue weighted by molar-refractivity contribution is -0.133. The number of carbonyl (C=O) groups is 3. The summed E-state index contributed by atoms with van der Waals surface area (Å²) in [5.74, 6) is -0.441. The highest BCUT2D eigenvalue weighted by Crippen LogP contribution is 2.56. The molecule has 0 spiro atoms. The van der Waals surface area contributed by atoms with Crippen LogP contribution in [0.2, 0.25) is 0 Å². The predicted molar refractivity (Wildman–Crippen MR) is 127 cm³/mol. The molecule has 7 heteroatoms. The number of nitrogens with zero attached hydrogens (tertiary/aromatic N) is 1. The van der Waals surface area contributed by atoms with Crippen molar-refractivity contribution >= 4 is 29.5 Å². The van der Waals surface area contributed by atoms with Crippen LogP contribution in [-0.2, 0) is 9.59 Å². The van der Waals surface area contributed by atoms with Gasteiger partial charge in [-0.25, -0.2) is 0 Å². The van der Waals surface area contributed by atoms with Crippen molar-refractivity contribution in [1.82, 2.24) is 15.5 Å². The van der Waals surface area contributed by atoms with Crippen molar-refractivity contribution < 1.29 is 14.4 Å². The van der Waals surface area contributed by atoms with E-state index < -0.39 is 16.8 Å². The lowest BCUT2D eigenvalue weighted by Gasteiger charge is -2.33. The first-order chi connectivity index (χ1) is 15.2. The van der Waals surface area contributed by atoms with Crippen LogP contribution in [0.25, 0.3) is 0 Å². The first kappa shape index (κ1) is 23.1. The van der Waals surface area contributed by atoms with E-state index >= 15 is 0 Å². The van der Waals surface area contributed by atoms with E-state index in [-0.39, 0.29) is 35.1 Å². The first-order valence-corrected chi connectivity index (χ1v) is 12.8. The van der Waals surface area contributed by atoms with Gasteiger partial charge in [-0.1, -0.05) is 57.7 Å². The third kappa shape index (κ3) is 4.16. The number of carbonyl (C=O) groups excluding carboxylic acids is 3. The van der Waals surface area contributed by atoms with Crippen LogP contribution in [0.15, 0.2) is 24.3 Å². The minimum Gasteiger partial charge on any atom is -0.352 e. The van der Waals surface area contributed by atoms with Gasteiger partial charge in [0.15, 0.2) is 0 Å². The summed E-state index contributed by atoms with van der Waals surface area (Å²) in [6.07, 6.45) is 6.28. The highest BCUT2D eigenvalue weighted by molar-refractivity contribution is 8.01. The molecule has 4 atom stereocenters. The summed E-state index contributed by atoms with van der Waals surface area (Å²) in [6, 6.07) is 6.56. The second-order valence-corrected chi connectivity index (χ2v) is 11.7. The molecule has 1 aromatic carbocycles. The summed E-state index contributed by atoms with van der Waals surface area (Å²) < 4.78 is -0.461. The minimum atomic E-state index is -0.633. The van der Waals surface area contributed by atoms with Crippen molar-refractivity contribution in [3.8, 4) is 0 Å². The van der Waals surface area contributed by atoms with Crippen molar-refractivity contribution in [3.05, 3.63) is 35.4 Å². The lowest BCUT2D eigenvalue weighted by Crippen LogP contribution is -2.59. The smallest absolute Gasteiger partial charge is 0.256 e. The van der Waals surface area contributed by atoms with Crippen LogP contribution >= 0.6 is 11.8 Å². The Morgan fingerprint density at radius 1 is 1.19 bits per heavy atom. The summed E-state index contributed by atoms with van der Waals surface area (Å²) in [7, 11) is 0. The standard InChI is InChI=1S/C25H35N3O3S/c1-5-15(2)19(21(29)26-16-11-7-6-8-12-16)27-22(30)20-25(3,4)32-24-18-14-10-9-13-17(18)23(31)28(20)24/h9-10,13-16,19-20,24H,5-8,11-12H2,1-4H3,(H,26,29)(H,27,30)/t15-,19+,20+,24?/m1/s1. The molecule has 6 nitrogen and oxygen atoms in total. The Labute approximate surface area is 195 Å². The van der Waals surface area contributed by atoms with Crippen molar-refractivity contribution in [3.63, 3.8) is 0 Å². The van der Waals surface area contributed by atoms with Gasteiger partial charge in [0.1, 0.15) is 17.5 Å². The zero-order chi connectivity index (χ0) is 23.0. The van der Waals surface area contributed by atoms with E-state index in [0.717, 1.165) is 37.7 Å². The summed E-state index contributed by atoms with van der Waals surface area (Å²) in [5, 5.41) is 6.07. The molecular weight excluding hydrogens is 422 g/mol. The van der Waals surface area contributed by atoms with Gasteiger partial charge in [0.2, 0.25) is 11.8 Å². The van der Waals surface area contributed by atoms with Crippen LogP contribution in [0.4, 0.5) is 0 Å². The molecule has 3 amide bonds. The summed E-state index contributed by atoms with van der Waals surface area (Å²) in [4.78, 5) is 41.7.